The van der Waals surface area contributed by atoms with Gasteiger partial charge in [-0.25, -0.2) is 5.43 Å². The van der Waals surface area contributed by atoms with Crippen molar-refractivity contribution in [2.75, 3.05) is 0 Å². The number of phenols is 1. The third-order valence-electron chi connectivity index (χ3n) is 6.46. The van der Waals surface area contributed by atoms with Gasteiger partial charge in [0.1, 0.15) is 17.1 Å². The highest BCUT2D eigenvalue weighted by Crippen LogP contribution is 2.42. The summed E-state index contributed by atoms with van der Waals surface area (Å²) in [5.41, 5.74) is 6.24. The molecule has 0 saturated heterocycles. The number of hydrogen-bond acceptors (Lipinski definition) is 4. The number of hydrogen-bond donors (Lipinski definition) is 2. The second kappa shape index (κ2) is 8.07. The summed E-state index contributed by atoms with van der Waals surface area (Å²) in [4.78, 5) is 12.9. The molecule has 1 amide bonds. The molecule has 5 nitrogen and oxygen atoms in total. The minimum atomic E-state index is -0.292. The first-order valence-electron chi connectivity index (χ1n) is 11.5. The van der Waals surface area contributed by atoms with E-state index in [2.05, 4.69) is 31.3 Å². The van der Waals surface area contributed by atoms with E-state index in [0.29, 0.717) is 11.1 Å². The molecule has 1 aromatic heterocycles. The molecule has 5 rings (SSSR count). The zero-order valence-electron chi connectivity index (χ0n) is 19.2. The molecule has 1 aliphatic rings. The topological polar surface area (TPSA) is 74.8 Å². The average molecular weight is 441 g/mol. The third-order valence-corrected chi connectivity index (χ3v) is 6.46. The van der Waals surface area contributed by atoms with Crippen LogP contribution in [-0.4, -0.2) is 17.2 Å². The molecule has 0 atom stereocenters. The number of fused-ring (bicyclic) bond motifs is 4. The van der Waals surface area contributed by atoms with E-state index in [1.54, 1.807) is 12.3 Å². The van der Waals surface area contributed by atoms with E-state index in [-0.39, 0.29) is 17.1 Å². The maximum Gasteiger partial charge on any atom is 0.271 e. The maximum atomic E-state index is 12.9. The zero-order chi connectivity index (χ0) is 23.2. The van der Waals surface area contributed by atoms with Crippen molar-refractivity contribution in [1.29, 1.82) is 0 Å². The summed E-state index contributed by atoms with van der Waals surface area (Å²) in [5.74, 6) is 0.892. The van der Waals surface area contributed by atoms with Crippen LogP contribution in [0.4, 0.5) is 0 Å². The summed E-state index contributed by atoms with van der Waals surface area (Å²) in [6.45, 7) is 6.17. The second-order valence-corrected chi connectivity index (χ2v) is 9.75. The number of furan rings is 1. The Balaban J connectivity index is 1.55. The van der Waals surface area contributed by atoms with Crippen LogP contribution in [0.2, 0.25) is 0 Å². The van der Waals surface area contributed by atoms with Crippen LogP contribution in [0, 0.1) is 0 Å². The molecule has 33 heavy (non-hydrogen) atoms. The number of amides is 1. The highest BCUT2D eigenvalue weighted by molar-refractivity contribution is 6.08. The van der Waals surface area contributed by atoms with Crippen molar-refractivity contribution in [1.82, 2.24) is 5.43 Å². The van der Waals surface area contributed by atoms with Crippen molar-refractivity contribution in [3.05, 3.63) is 76.5 Å². The Morgan fingerprint density at radius 1 is 1.09 bits per heavy atom. The number of carbonyl (C=O) groups excluding carboxylic acids is 1. The summed E-state index contributed by atoms with van der Waals surface area (Å²) in [5, 5.41) is 18.3. The fourth-order valence-corrected chi connectivity index (χ4v) is 4.78. The van der Waals surface area contributed by atoms with Crippen molar-refractivity contribution >= 4 is 33.9 Å². The monoisotopic (exact) mass is 440 g/mol. The quantitative estimate of drug-likeness (QED) is 0.293. The van der Waals surface area contributed by atoms with Crippen molar-refractivity contribution in [3.8, 4) is 5.75 Å². The van der Waals surface area contributed by atoms with Gasteiger partial charge < -0.3 is 9.52 Å². The van der Waals surface area contributed by atoms with Gasteiger partial charge in [0.2, 0.25) is 0 Å². The first-order valence-corrected chi connectivity index (χ1v) is 11.5. The van der Waals surface area contributed by atoms with Crippen LogP contribution in [0.15, 0.2) is 58.0 Å². The molecule has 3 aromatic carbocycles. The van der Waals surface area contributed by atoms with Crippen LogP contribution in [0.25, 0.3) is 21.7 Å². The van der Waals surface area contributed by atoms with Crippen LogP contribution >= 0.6 is 0 Å². The van der Waals surface area contributed by atoms with E-state index < -0.39 is 0 Å². The lowest BCUT2D eigenvalue weighted by Crippen LogP contribution is -2.18. The molecule has 0 radical (unpaired) electrons. The largest absolute Gasteiger partial charge is 0.507 e. The number of nitrogens with one attached hydrogen (secondary N) is 1. The molecule has 5 heteroatoms. The number of aryl methyl sites for hydroxylation is 2. The van der Waals surface area contributed by atoms with E-state index in [4.69, 9.17) is 4.42 Å². The van der Waals surface area contributed by atoms with Gasteiger partial charge in [-0.1, -0.05) is 57.2 Å². The summed E-state index contributed by atoms with van der Waals surface area (Å²) >= 11 is 0. The molecule has 0 aliphatic heterocycles. The SMILES string of the molecule is CC(C)(C)c1cc2oc3c(c2c(/C=N\NC(=O)c2cccc4ccccc24)c1O)CCCC3. The highest BCUT2D eigenvalue weighted by atomic mass is 16.3. The minimum Gasteiger partial charge on any atom is -0.507 e. The van der Waals surface area contributed by atoms with E-state index in [1.165, 1.54) is 0 Å². The van der Waals surface area contributed by atoms with E-state index in [0.717, 1.165) is 64.3 Å². The standard InChI is InChI=1S/C28H28N2O3/c1-28(2,3)22-15-24-25(20-12-6-7-14-23(20)33-24)21(26(22)31)16-29-30-27(32)19-13-8-10-17-9-4-5-11-18(17)19/h4-5,8-11,13,15-16,31H,6-7,12,14H2,1-3H3,(H,30,32)/b29-16-. The van der Waals surface area contributed by atoms with Crippen LogP contribution in [0.3, 0.4) is 0 Å². The average Bonchev–Trinajstić information content (AvgIpc) is 3.17. The van der Waals surface area contributed by atoms with E-state index >= 15 is 0 Å². The van der Waals surface area contributed by atoms with Crippen LogP contribution < -0.4 is 5.43 Å². The molecule has 1 aliphatic carbocycles. The summed E-state index contributed by atoms with van der Waals surface area (Å²) in [7, 11) is 0. The molecular weight excluding hydrogens is 412 g/mol. The van der Waals surface area contributed by atoms with Crippen molar-refractivity contribution in [2.24, 2.45) is 5.10 Å². The Hall–Kier alpha value is -3.60. The number of carbonyl (C=O) groups is 1. The molecule has 0 spiro atoms. The van der Waals surface area contributed by atoms with Gasteiger partial charge in [0.05, 0.1) is 6.21 Å². The van der Waals surface area contributed by atoms with Crippen molar-refractivity contribution in [2.45, 2.75) is 51.9 Å². The molecule has 4 aromatic rings. The zero-order valence-corrected chi connectivity index (χ0v) is 19.2. The van der Waals surface area contributed by atoms with Crippen LogP contribution in [0.5, 0.6) is 5.75 Å². The van der Waals surface area contributed by atoms with Gasteiger partial charge in [-0.3, -0.25) is 4.79 Å². The number of benzene rings is 3. The summed E-state index contributed by atoms with van der Waals surface area (Å²) in [6, 6.07) is 15.3. The summed E-state index contributed by atoms with van der Waals surface area (Å²) in [6.07, 6.45) is 5.58. The van der Waals surface area contributed by atoms with Crippen molar-refractivity contribution in [3.63, 3.8) is 0 Å². The molecular formula is C28H28N2O3. The van der Waals surface area contributed by atoms with Gasteiger partial charge in [-0.05, 0) is 47.6 Å². The fourth-order valence-electron chi connectivity index (χ4n) is 4.78. The fraction of sp³-hybridized carbons (Fsp3) is 0.286. The Morgan fingerprint density at radius 3 is 2.67 bits per heavy atom. The van der Waals surface area contributed by atoms with Gasteiger partial charge in [0.25, 0.3) is 5.91 Å². The van der Waals surface area contributed by atoms with Gasteiger partial charge in [0.15, 0.2) is 0 Å². The Bertz CT molecular complexity index is 1400. The lowest BCUT2D eigenvalue weighted by Gasteiger charge is -2.21. The first-order chi connectivity index (χ1) is 15.8. The normalized spacial score (nSPS) is 14.2. The smallest absolute Gasteiger partial charge is 0.271 e. The predicted molar refractivity (Wildman–Crippen MR) is 132 cm³/mol. The molecule has 0 unspecified atom stereocenters. The molecule has 0 saturated carbocycles. The Morgan fingerprint density at radius 2 is 1.85 bits per heavy atom. The molecule has 2 N–H and O–H groups in total. The number of hydrazone groups is 1. The lowest BCUT2D eigenvalue weighted by atomic mass is 9.83. The van der Waals surface area contributed by atoms with Crippen molar-refractivity contribution < 1.29 is 14.3 Å². The third kappa shape index (κ3) is 3.78. The Kier molecular flexibility index (Phi) is 5.20. The highest BCUT2D eigenvalue weighted by Gasteiger charge is 2.27. The van der Waals surface area contributed by atoms with Gasteiger partial charge in [0, 0.05) is 34.1 Å². The summed E-state index contributed by atoms with van der Waals surface area (Å²) < 4.78 is 6.21. The number of nitrogens with zero attached hydrogens (tertiary/aromatic N) is 1. The van der Waals surface area contributed by atoms with Gasteiger partial charge >= 0.3 is 0 Å². The minimum absolute atomic E-state index is 0.187. The van der Waals surface area contributed by atoms with Crippen LogP contribution in [0.1, 0.15) is 66.4 Å². The molecule has 0 bridgehead atoms. The molecule has 1 heterocycles. The second-order valence-electron chi connectivity index (χ2n) is 9.75. The van der Waals surface area contributed by atoms with E-state index in [1.807, 2.05) is 42.5 Å². The Labute approximate surface area is 193 Å². The van der Waals surface area contributed by atoms with Gasteiger partial charge in [-0.2, -0.15) is 5.10 Å². The van der Waals surface area contributed by atoms with E-state index in [9.17, 15) is 9.90 Å². The maximum absolute atomic E-state index is 12.9. The number of phenolic OH excluding ortho intramolecular Hbond substituents is 1. The lowest BCUT2D eigenvalue weighted by molar-refractivity contribution is 0.0956. The molecule has 0 fully saturated rings. The van der Waals surface area contributed by atoms with Crippen LogP contribution in [-0.2, 0) is 18.3 Å². The predicted octanol–water partition coefficient (Wildman–Crippen LogP) is 6.23. The molecule has 168 valence electrons. The van der Waals surface area contributed by atoms with Gasteiger partial charge in [-0.15, -0.1) is 0 Å². The first kappa shape index (κ1) is 21.3. The number of rotatable bonds is 3. The number of aromatic hydroxyl groups is 1.